The van der Waals surface area contributed by atoms with Crippen molar-refractivity contribution in [2.75, 3.05) is 20.3 Å². The topological polar surface area (TPSA) is 79.9 Å². The lowest BCUT2D eigenvalue weighted by Crippen LogP contribution is -2.28. The molecule has 0 aliphatic carbocycles. The first-order valence-corrected chi connectivity index (χ1v) is 5.84. The first-order valence-electron chi connectivity index (χ1n) is 5.84. The number of hydrogen-bond donors (Lipinski definition) is 2. The number of methoxy groups -OCH3 is 1. The standard InChI is InChI=1S/C12H16N4O2/c1-18-8-10(17)13-4-2-3-9-7-16-12-11(9)14-5-6-15-12/h5-7H,2-4,8H2,1H3,(H,13,17)(H,15,16). The molecule has 0 bridgehead atoms. The van der Waals surface area contributed by atoms with E-state index in [1.807, 2.05) is 6.20 Å². The number of fused-ring (bicyclic) bond motifs is 1. The van der Waals surface area contributed by atoms with E-state index in [0.29, 0.717) is 6.54 Å². The van der Waals surface area contributed by atoms with Crippen LogP contribution in [0, 0.1) is 0 Å². The van der Waals surface area contributed by atoms with Gasteiger partial charge in [-0.25, -0.2) is 4.98 Å². The molecule has 0 radical (unpaired) electrons. The lowest BCUT2D eigenvalue weighted by atomic mass is 10.2. The molecule has 1 amide bonds. The summed E-state index contributed by atoms with van der Waals surface area (Å²) in [6, 6.07) is 0. The number of rotatable bonds is 6. The summed E-state index contributed by atoms with van der Waals surface area (Å²) in [5, 5.41) is 2.78. The van der Waals surface area contributed by atoms with Gasteiger partial charge in [0.15, 0.2) is 5.65 Å². The van der Waals surface area contributed by atoms with E-state index >= 15 is 0 Å². The van der Waals surface area contributed by atoms with E-state index in [-0.39, 0.29) is 12.5 Å². The molecule has 96 valence electrons. The second-order valence-electron chi connectivity index (χ2n) is 3.95. The van der Waals surface area contributed by atoms with Crippen LogP contribution in [0.2, 0.25) is 0 Å². The maximum atomic E-state index is 11.2. The summed E-state index contributed by atoms with van der Waals surface area (Å²) in [6.07, 6.45) is 6.97. The van der Waals surface area contributed by atoms with Crippen LogP contribution in [0.1, 0.15) is 12.0 Å². The Morgan fingerprint density at radius 2 is 2.28 bits per heavy atom. The van der Waals surface area contributed by atoms with Crippen molar-refractivity contribution in [3.63, 3.8) is 0 Å². The lowest BCUT2D eigenvalue weighted by molar-refractivity contribution is -0.124. The number of nitrogens with one attached hydrogen (secondary N) is 2. The van der Waals surface area contributed by atoms with Crippen LogP contribution in [0.15, 0.2) is 18.6 Å². The molecule has 0 aliphatic heterocycles. The van der Waals surface area contributed by atoms with Crippen LogP contribution < -0.4 is 5.32 Å². The highest BCUT2D eigenvalue weighted by Gasteiger charge is 2.05. The lowest BCUT2D eigenvalue weighted by Gasteiger charge is -2.03. The Hall–Kier alpha value is -1.95. The zero-order chi connectivity index (χ0) is 12.8. The predicted octanol–water partition coefficient (Wildman–Crippen LogP) is 0.653. The smallest absolute Gasteiger partial charge is 0.245 e. The minimum Gasteiger partial charge on any atom is -0.375 e. The molecule has 0 fully saturated rings. The van der Waals surface area contributed by atoms with Gasteiger partial charge in [-0.2, -0.15) is 0 Å². The molecule has 0 unspecified atom stereocenters. The van der Waals surface area contributed by atoms with Gasteiger partial charge in [-0.1, -0.05) is 0 Å². The molecule has 18 heavy (non-hydrogen) atoms. The van der Waals surface area contributed by atoms with E-state index in [1.54, 1.807) is 12.4 Å². The average molecular weight is 248 g/mol. The van der Waals surface area contributed by atoms with E-state index in [1.165, 1.54) is 7.11 Å². The predicted molar refractivity (Wildman–Crippen MR) is 67.1 cm³/mol. The summed E-state index contributed by atoms with van der Waals surface area (Å²) in [5.41, 5.74) is 2.83. The molecule has 2 N–H and O–H groups in total. The second-order valence-corrected chi connectivity index (χ2v) is 3.95. The number of hydrogen-bond acceptors (Lipinski definition) is 4. The molecule has 2 heterocycles. The molecular formula is C12H16N4O2. The number of carbonyl (C=O) groups is 1. The Kier molecular flexibility index (Phi) is 4.25. The van der Waals surface area contributed by atoms with Crippen LogP contribution in [-0.2, 0) is 16.0 Å². The van der Waals surface area contributed by atoms with Crippen molar-refractivity contribution in [2.24, 2.45) is 0 Å². The monoisotopic (exact) mass is 248 g/mol. The maximum Gasteiger partial charge on any atom is 0.245 e. The van der Waals surface area contributed by atoms with E-state index in [2.05, 4.69) is 20.3 Å². The number of aryl methyl sites for hydroxylation is 1. The van der Waals surface area contributed by atoms with Crippen molar-refractivity contribution in [1.29, 1.82) is 0 Å². The Bertz CT molecular complexity index is 524. The van der Waals surface area contributed by atoms with Gasteiger partial charge in [0.2, 0.25) is 5.91 Å². The molecule has 2 rings (SSSR count). The van der Waals surface area contributed by atoms with Gasteiger partial charge < -0.3 is 15.0 Å². The molecular weight excluding hydrogens is 232 g/mol. The molecule has 0 aliphatic rings. The molecule has 6 heteroatoms. The number of amides is 1. The van der Waals surface area contributed by atoms with Crippen molar-refractivity contribution in [2.45, 2.75) is 12.8 Å². The van der Waals surface area contributed by atoms with Gasteiger partial charge in [0, 0.05) is 32.2 Å². The van der Waals surface area contributed by atoms with Gasteiger partial charge in [0.25, 0.3) is 0 Å². The molecule has 0 spiro atoms. The fourth-order valence-electron chi connectivity index (χ4n) is 1.78. The Balaban J connectivity index is 1.82. The largest absolute Gasteiger partial charge is 0.375 e. The third kappa shape index (κ3) is 3.04. The zero-order valence-electron chi connectivity index (χ0n) is 10.3. The summed E-state index contributed by atoms with van der Waals surface area (Å²) >= 11 is 0. The third-order valence-corrected chi connectivity index (χ3v) is 2.61. The Morgan fingerprint density at radius 1 is 1.44 bits per heavy atom. The quantitative estimate of drug-likeness (QED) is 0.736. The van der Waals surface area contributed by atoms with Crippen LogP contribution in [0.25, 0.3) is 11.2 Å². The van der Waals surface area contributed by atoms with Gasteiger partial charge in [0.1, 0.15) is 12.1 Å². The van der Waals surface area contributed by atoms with E-state index in [9.17, 15) is 4.79 Å². The van der Waals surface area contributed by atoms with Crippen molar-refractivity contribution in [1.82, 2.24) is 20.3 Å². The highest BCUT2D eigenvalue weighted by Crippen LogP contribution is 2.14. The SMILES string of the molecule is COCC(=O)NCCCc1c[nH]c2nccnc12. The normalized spacial score (nSPS) is 10.7. The number of ether oxygens (including phenoxy) is 1. The highest BCUT2D eigenvalue weighted by molar-refractivity contribution is 5.77. The van der Waals surface area contributed by atoms with E-state index in [0.717, 1.165) is 29.6 Å². The third-order valence-electron chi connectivity index (χ3n) is 2.61. The second kappa shape index (κ2) is 6.11. The fraction of sp³-hybridized carbons (Fsp3) is 0.417. The fourth-order valence-corrected chi connectivity index (χ4v) is 1.78. The van der Waals surface area contributed by atoms with E-state index < -0.39 is 0 Å². The summed E-state index contributed by atoms with van der Waals surface area (Å²) in [5.74, 6) is -0.0868. The Morgan fingerprint density at radius 3 is 3.11 bits per heavy atom. The molecule has 2 aromatic rings. The van der Waals surface area contributed by atoms with Gasteiger partial charge in [-0.15, -0.1) is 0 Å². The van der Waals surface area contributed by atoms with Crippen LogP contribution in [0.5, 0.6) is 0 Å². The zero-order valence-corrected chi connectivity index (χ0v) is 10.3. The number of aromatic nitrogens is 3. The minimum atomic E-state index is -0.0868. The number of nitrogens with zero attached hydrogens (tertiary/aromatic N) is 2. The number of H-pyrrole nitrogens is 1. The molecule has 6 nitrogen and oxygen atoms in total. The van der Waals surface area contributed by atoms with Crippen LogP contribution in [0.3, 0.4) is 0 Å². The number of carbonyl (C=O) groups excluding carboxylic acids is 1. The van der Waals surface area contributed by atoms with Crippen LogP contribution in [0.4, 0.5) is 0 Å². The molecule has 0 aromatic carbocycles. The maximum absolute atomic E-state index is 11.2. The molecule has 0 atom stereocenters. The average Bonchev–Trinajstić information content (AvgIpc) is 2.78. The summed E-state index contributed by atoms with van der Waals surface area (Å²) in [4.78, 5) is 22.7. The first-order chi connectivity index (χ1) is 8.81. The molecule has 0 saturated carbocycles. The number of aromatic amines is 1. The summed E-state index contributed by atoms with van der Waals surface area (Å²) < 4.78 is 4.73. The Labute approximate surface area is 105 Å². The van der Waals surface area contributed by atoms with Crippen molar-refractivity contribution in [3.8, 4) is 0 Å². The summed E-state index contributed by atoms with van der Waals surface area (Å²) in [6.45, 7) is 0.744. The van der Waals surface area contributed by atoms with E-state index in [4.69, 9.17) is 4.74 Å². The minimum absolute atomic E-state index is 0.0868. The van der Waals surface area contributed by atoms with Crippen molar-refractivity contribution >= 4 is 17.1 Å². The van der Waals surface area contributed by atoms with Gasteiger partial charge in [-0.05, 0) is 18.4 Å². The first kappa shape index (κ1) is 12.5. The molecule has 0 saturated heterocycles. The van der Waals surface area contributed by atoms with Gasteiger partial charge >= 0.3 is 0 Å². The molecule has 2 aromatic heterocycles. The van der Waals surface area contributed by atoms with Gasteiger partial charge in [0.05, 0.1) is 0 Å². The van der Waals surface area contributed by atoms with Gasteiger partial charge in [-0.3, -0.25) is 9.78 Å². The highest BCUT2D eigenvalue weighted by atomic mass is 16.5. The summed E-state index contributed by atoms with van der Waals surface area (Å²) in [7, 11) is 1.50. The van der Waals surface area contributed by atoms with Crippen molar-refractivity contribution < 1.29 is 9.53 Å². The van der Waals surface area contributed by atoms with Crippen LogP contribution in [-0.4, -0.2) is 41.1 Å². The van der Waals surface area contributed by atoms with Crippen LogP contribution >= 0.6 is 0 Å². The van der Waals surface area contributed by atoms with Crippen molar-refractivity contribution in [3.05, 3.63) is 24.2 Å².